The van der Waals surface area contributed by atoms with E-state index >= 15 is 0 Å². The van der Waals surface area contributed by atoms with Crippen LogP contribution in [0.2, 0.25) is 0 Å². The molecule has 62 valence electrons. The summed E-state index contributed by atoms with van der Waals surface area (Å²) in [5.41, 5.74) is 0.186. The summed E-state index contributed by atoms with van der Waals surface area (Å²) in [4.78, 5) is 11.2. The van der Waals surface area contributed by atoms with Crippen LogP contribution in [0.3, 0.4) is 0 Å². The van der Waals surface area contributed by atoms with E-state index in [0.29, 0.717) is 0 Å². The standard InChI is InChI=1S/C9H15NO/c1-9(4-5-9)10-8(11)6-7-2-3-7/h7H,2-6H2,1H3,(H,10,11). The lowest BCUT2D eigenvalue weighted by Gasteiger charge is -2.10. The Labute approximate surface area is 67.4 Å². The van der Waals surface area contributed by atoms with Gasteiger partial charge in [-0.1, -0.05) is 0 Å². The van der Waals surface area contributed by atoms with Crippen molar-refractivity contribution in [3.8, 4) is 0 Å². The Kier molecular flexibility index (Phi) is 1.44. The minimum Gasteiger partial charge on any atom is -0.351 e. The van der Waals surface area contributed by atoms with Crippen LogP contribution in [0.15, 0.2) is 0 Å². The molecule has 2 saturated carbocycles. The van der Waals surface area contributed by atoms with Crippen molar-refractivity contribution in [3.63, 3.8) is 0 Å². The fourth-order valence-corrected chi connectivity index (χ4v) is 1.28. The van der Waals surface area contributed by atoms with Gasteiger partial charge in [0.2, 0.25) is 5.91 Å². The first-order valence-electron chi connectivity index (χ1n) is 4.49. The van der Waals surface area contributed by atoms with Crippen molar-refractivity contribution in [2.75, 3.05) is 0 Å². The Hall–Kier alpha value is -0.530. The topological polar surface area (TPSA) is 29.1 Å². The summed E-state index contributed by atoms with van der Waals surface area (Å²) in [6.07, 6.45) is 5.65. The van der Waals surface area contributed by atoms with Crippen LogP contribution in [0.1, 0.15) is 39.0 Å². The minimum atomic E-state index is 0.186. The molecule has 0 aromatic carbocycles. The molecule has 0 aromatic heterocycles. The zero-order chi connectivity index (χ0) is 7.90. The normalized spacial score (nSPS) is 26.3. The van der Waals surface area contributed by atoms with E-state index in [2.05, 4.69) is 12.2 Å². The van der Waals surface area contributed by atoms with Gasteiger partial charge in [-0.15, -0.1) is 0 Å². The maximum Gasteiger partial charge on any atom is 0.220 e. The van der Waals surface area contributed by atoms with Crippen LogP contribution >= 0.6 is 0 Å². The van der Waals surface area contributed by atoms with Gasteiger partial charge in [0.25, 0.3) is 0 Å². The van der Waals surface area contributed by atoms with E-state index in [1.54, 1.807) is 0 Å². The largest absolute Gasteiger partial charge is 0.351 e. The van der Waals surface area contributed by atoms with E-state index in [9.17, 15) is 4.79 Å². The average molecular weight is 153 g/mol. The van der Waals surface area contributed by atoms with Crippen LogP contribution in [-0.2, 0) is 4.79 Å². The fraction of sp³-hybridized carbons (Fsp3) is 0.889. The molecule has 2 aliphatic carbocycles. The van der Waals surface area contributed by atoms with Crippen molar-refractivity contribution in [2.45, 2.75) is 44.6 Å². The summed E-state index contributed by atoms with van der Waals surface area (Å²) < 4.78 is 0. The molecule has 2 aliphatic rings. The first-order valence-corrected chi connectivity index (χ1v) is 4.49. The molecule has 2 rings (SSSR count). The number of carbonyl (C=O) groups excluding carboxylic acids is 1. The van der Waals surface area contributed by atoms with Gasteiger partial charge in [0.05, 0.1) is 0 Å². The predicted molar refractivity (Wildman–Crippen MR) is 43.1 cm³/mol. The highest BCUT2D eigenvalue weighted by molar-refractivity contribution is 5.77. The first kappa shape index (κ1) is 7.14. The molecule has 11 heavy (non-hydrogen) atoms. The SMILES string of the molecule is CC1(NC(=O)CC2CC2)CC1. The van der Waals surface area contributed by atoms with Crippen molar-refractivity contribution < 1.29 is 4.79 Å². The van der Waals surface area contributed by atoms with Gasteiger partial charge in [-0.05, 0) is 38.5 Å². The van der Waals surface area contributed by atoms with E-state index in [1.807, 2.05) is 0 Å². The van der Waals surface area contributed by atoms with Gasteiger partial charge in [-0.2, -0.15) is 0 Å². The van der Waals surface area contributed by atoms with Crippen LogP contribution in [0, 0.1) is 5.92 Å². The van der Waals surface area contributed by atoms with Gasteiger partial charge < -0.3 is 5.32 Å². The number of carbonyl (C=O) groups is 1. The third kappa shape index (κ3) is 1.95. The predicted octanol–water partition coefficient (Wildman–Crippen LogP) is 1.46. The van der Waals surface area contributed by atoms with E-state index in [4.69, 9.17) is 0 Å². The van der Waals surface area contributed by atoms with Crippen molar-refractivity contribution in [3.05, 3.63) is 0 Å². The van der Waals surface area contributed by atoms with Crippen LogP contribution in [-0.4, -0.2) is 11.4 Å². The van der Waals surface area contributed by atoms with Crippen LogP contribution < -0.4 is 5.32 Å². The van der Waals surface area contributed by atoms with Gasteiger partial charge in [-0.3, -0.25) is 4.79 Å². The number of hydrogen-bond donors (Lipinski definition) is 1. The highest BCUT2D eigenvalue weighted by Crippen LogP contribution is 2.36. The van der Waals surface area contributed by atoms with Crippen molar-refractivity contribution >= 4 is 5.91 Å². The Bertz CT molecular complexity index is 180. The van der Waals surface area contributed by atoms with Gasteiger partial charge in [-0.25, -0.2) is 0 Å². The second-order valence-corrected chi connectivity index (χ2v) is 4.26. The molecule has 2 heteroatoms. The summed E-state index contributed by atoms with van der Waals surface area (Å²) in [5, 5.41) is 3.06. The summed E-state index contributed by atoms with van der Waals surface area (Å²) in [6.45, 7) is 2.12. The van der Waals surface area contributed by atoms with Crippen LogP contribution in [0.5, 0.6) is 0 Å². The molecular formula is C9H15NO. The first-order chi connectivity index (χ1) is 5.18. The molecule has 0 saturated heterocycles. The summed E-state index contributed by atoms with van der Waals surface area (Å²) in [6, 6.07) is 0. The maximum atomic E-state index is 11.2. The Morgan fingerprint density at radius 1 is 1.55 bits per heavy atom. The van der Waals surface area contributed by atoms with Crippen LogP contribution in [0.25, 0.3) is 0 Å². The zero-order valence-corrected chi connectivity index (χ0v) is 7.02. The molecule has 0 unspecified atom stereocenters. The highest BCUT2D eigenvalue weighted by Gasteiger charge is 2.39. The Morgan fingerprint density at radius 2 is 2.18 bits per heavy atom. The van der Waals surface area contributed by atoms with Gasteiger partial charge >= 0.3 is 0 Å². The highest BCUT2D eigenvalue weighted by atomic mass is 16.1. The zero-order valence-electron chi connectivity index (χ0n) is 7.02. The van der Waals surface area contributed by atoms with E-state index in [-0.39, 0.29) is 11.4 Å². The number of nitrogens with one attached hydrogen (secondary N) is 1. The molecule has 0 atom stereocenters. The van der Waals surface area contributed by atoms with Crippen molar-refractivity contribution in [1.82, 2.24) is 5.32 Å². The number of rotatable bonds is 3. The lowest BCUT2D eigenvalue weighted by molar-refractivity contribution is -0.122. The van der Waals surface area contributed by atoms with Gasteiger partial charge in [0.1, 0.15) is 0 Å². The minimum absolute atomic E-state index is 0.186. The molecule has 1 N–H and O–H groups in total. The van der Waals surface area contributed by atoms with Crippen LogP contribution in [0.4, 0.5) is 0 Å². The Morgan fingerprint density at radius 3 is 2.64 bits per heavy atom. The summed E-state index contributed by atoms with van der Waals surface area (Å²) in [7, 11) is 0. The molecule has 0 spiro atoms. The molecule has 0 aromatic rings. The number of hydrogen-bond acceptors (Lipinski definition) is 1. The second-order valence-electron chi connectivity index (χ2n) is 4.26. The van der Waals surface area contributed by atoms with Crippen molar-refractivity contribution in [1.29, 1.82) is 0 Å². The summed E-state index contributed by atoms with van der Waals surface area (Å²) >= 11 is 0. The summed E-state index contributed by atoms with van der Waals surface area (Å²) in [5.74, 6) is 0.991. The second kappa shape index (κ2) is 2.23. The third-order valence-corrected chi connectivity index (χ3v) is 2.61. The molecule has 0 radical (unpaired) electrons. The lowest BCUT2D eigenvalue weighted by Crippen LogP contribution is -2.34. The quantitative estimate of drug-likeness (QED) is 0.653. The van der Waals surface area contributed by atoms with Gasteiger partial charge in [0.15, 0.2) is 0 Å². The van der Waals surface area contributed by atoms with E-state index in [1.165, 1.54) is 25.7 Å². The van der Waals surface area contributed by atoms with E-state index in [0.717, 1.165) is 12.3 Å². The molecular weight excluding hydrogens is 138 g/mol. The smallest absolute Gasteiger partial charge is 0.220 e. The molecule has 0 aliphatic heterocycles. The maximum absolute atomic E-state index is 11.2. The molecule has 1 amide bonds. The number of amides is 1. The van der Waals surface area contributed by atoms with E-state index < -0.39 is 0 Å². The average Bonchev–Trinajstić information content (AvgIpc) is 2.72. The third-order valence-electron chi connectivity index (χ3n) is 2.61. The molecule has 2 nitrogen and oxygen atoms in total. The lowest BCUT2D eigenvalue weighted by atomic mass is 10.2. The molecule has 0 bridgehead atoms. The fourth-order valence-electron chi connectivity index (χ4n) is 1.28. The van der Waals surface area contributed by atoms with Gasteiger partial charge in [0, 0.05) is 12.0 Å². The molecule has 2 fully saturated rings. The van der Waals surface area contributed by atoms with Crippen molar-refractivity contribution in [2.24, 2.45) is 5.92 Å². The Balaban J connectivity index is 1.72. The monoisotopic (exact) mass is 153 g/mol. The molecule has 0 heterocycles.